The van der Waals surface area contributed by atoms with Gasteiger partial charge >= 0.3 is 14.5 Å². The zero-order chi connectivity index (χ0) is 14.1. The van der Waals surface area contributed by atoms with Crippen molar-refractivity contribution in [2.24, 2.45) is 0 Å². The van der Waals surface area contributed by atoms with Gasteiger partial charge in [0.25, 0.3) is 0 Å². The number of ether oxygens (including phenoxy) is 1. The highest BCUT2D eigenvalue weighted by Crippen LogP contribution is 2.13. The second kappa shape index (κ2) is 8.03. The molecule has 0 saturated carbocycles. The predicted octanol–water partition coefficient (Wildman–Crippen LogP) is 1.92. The third kappa shape index (κ3) is 5.95. The van der Waals surface area contributed by atoms with E-state index in [4.69, 9.17) is 13.6 Å². The highest BCUT2D eigenvalue weighted by molar-refractivity contribution is 6.65. The van der Waals surface area contributed by atoms with Crippen molar-refractivity contribution in [2.75, 3.05) is 20.8 Å². The molecular weight excluding hydrogens is 262 g/mol. The summed E-state index contributed by atoms with van der Waals surface area (Å²) in [6.07, 6.45) is 4.37. The Kier molecular flexibility index (Phi) is 6.69. The predicted molar refractivity (Wildman–Crippen MR) is 74.0 cm³/mol. The van der Waals surface area contributed by atoms with Crippen LogP contribution >= 0.6 is 0 Å². The number of rotatable bonds is 8. The first kappa shape index (κ1) is 15.8. The zero-order valence-corrected chi connectivity index (χ0v) is 12.7. The molecule has 0 saturated heterocycles. The van der Waals surface area contributed by atoms with E-state index in [0.717, 1.165) is 18.0 Å². The molecule has 0 aliphatic rings. The summed E-state index contributed by atoms with van der Waals surface area (Å²) >= 11 is 0. The average molecular weight is 283 g/mol. The van der Waals surface area contributed by atoms with Gasteiger partial charge in [0.05, 0.1) is 13.0 Å². The number of hydrogen-bond donors (Lipinski definition) is 0. The lowest BCUT2D eigenvalue weighted by Crippen LogP contribution is -2.36. The van der Waals surface area contributed by atoms with Crippen molar-refractivity contribution >= 4 is 14.5 Å². The molecule has 0 aliphatic heterocycles. The van der Waals surface area contributed by atoms with E-state index in [1.807, 2.05) is 6.55 Å². The Morgan fingerprint density at radius 1 is 1.26 bits per heavy atom. The van der Waals surface area contributed by atoms with Gasteiger partial charge in [-0.15, -0.1) is 0 Å². The Hall–Kier alpha value is -1.24. The van der Waals surface area contributed by atoms with Crippen molar-refractivity contribution in [1.82, 2.24) is 4.98 Å². The molecule has 0 aromatic carbocycles. The summed E-state index contributed by atoms with van der Waals surface area (Å²) in [4.78, 5) is 15.5. The highest BCUT2D eigenvalue weighted by Gasteiger charge is 2.27. The molecule has 0 atom stereocenters. The second-order valence-electron chi connectivity index (χ2n) is 4.40. The normalized spacial score (nSPS) is 11.3. The van der Waals surface area contributed by atoms with Crippen LogP contribution in [0.4, 0.5) is 0 Å². The van der Waals surface area contributed by atoms with Crippen molar-refractivity contribution in [2.45, 2.75) is 25.4 Å². The van der Waals surface area contributed by atoms with E-state index in [2.05, 4.69) is 4.98 Å². The molecular formula is C13H21NO4Si. The van der Waals surface area contributed by atoms with E-state index in [9.17, 15) is 4.79 Å². The van der Waals surface area contributed by atoms with Crippen LogP contribution in [0.5, 0.6) is 0 Å². The van der Waals surface area contributed by atoms with Crippen LogP contribution < -0.4 is 0 Å². The van der Waals surface area contributed by atoms with Crippen LogP contribution in [0.3, 0.4) is 0 Å². The lowest BCUT2D eigenvalue weighted by atomic mass is 10.2. The fourth-order valence-electron chi connectivity index (χ4n) is 1.59. The third-order valence-corrected chi connectivity index (χ3v) is 5.99. The topological polar surface area (TPSA) is 57.7 Å². The van der Waals surface area contributed by atoms with Gasteiger partial charge in [-0.1, -0.05) is 0 Å². The smallest absolute Gasteiger partial charge is 0.334 e. The van der Waals surface area contributed by atoms with Crippen molar-refractivity contribution in [3.8, 4) is 0 Å². The molecule has 19 heavy (non-hydrogen) atoms. The van der Waals surface area contributed by atoms with Crippen LogP contribution in [0.1, 0.15) is 12.0 Å². The molecule has 5 nitrogen and oxygen atoms in total. The Morgan fingerprint density at radius 3 is 2.47 bits per heavy atom. The first-order valence-corrected chi connectivity index (χ1v) is 8.77. The molecule has 0 spiro atoms. The quantitative estimate of drug-likeness (QED) is 0.414. The first-order chi connectivity index (χ1) is 9.09. The second-order valence-corrected chi connectivity index (χ2v) is 7.98. The molecule has 106 valence electrons. The summed E-state index contributed by atoms with van der Waals surface area (Å²) in [6, 6.07) is 4.42. The molecule has 0 aliphatic carbocycles. The van der Waals surface area contributed by atoms with E-state index in [1.54, 1.807) is 38.7 Å². The van der Waals surface area contributed by atoms with Crippen LogP contribution in [0.2, 0.25) is 12.6 Å². The molecule has 0 radical (unpaired) electrons. The molecule has 0 amide bonds. The first-order valence-electron chi connectivity index (χ1n) is 6.24. The molecule has 1 rings (SSSR count). The van der Waals surface area contributed by atoms with Gasteiger partial charge in [-0.2, -0.15) is 0 Å². The Bertz CT molecular complexity index is 381. The Labute approximate surface area is 115 Å². The molecule has 0 fully saturated rings. The standard InChI is InChI=1S/C13H21NO4Si/c1-16-19(3,17-2)10-4-9-18-13(15)11-12-5-7-14-8-6-12/h5-8H,4,9-11H2,1-3H3. The Balaban J connectivity index is 2.21. The number of nitrogens with zero attached hydrogens (tertiary/aromatic N) is 1. The molecule has 1 aromatic heterocycles. The molecule has 1 aromatic rings. The van der Waals surface area contributed by atoms with Crippen LogP contribution in [-0.4, -0.2) is 40.3 Å². The van der Waals surface area contributed by atoms with Crippen LogP contribution in [0.25, 0.3) is 0 Å². The molecule has 1 heterocycles. The number of esters is 1. The third-order valence-electron chi connectivity index (χ3n) is 3.00. The summed E-state index contributed by atoms with van der Waals surface area (Å²) in [7, 11) is 1.27. The average Bonchev–Trinajstić information content (AvgIpc) is 2.44. The fourth-order valence-corrected chi connectivity index (χ4v) is 2.95. The summed E-state index contributed by atoms with van der Waals surface area (Å²) < 4.78 is 15.9. The molecule has 0 unspecified atom stereocenters. The number of hydrogen-bond acceptors (Lipinski definition) is 5. The van der Waals surface area contributed by atoms with Crippen molar-refractivity contribution in [1.29, 1.82) is 0 Å². The van der Waals surface area contributed by atoms with E-state index < -0.39 is 8.56 Å². The number of pyridine rings is 1. The Morgan fingerprint density at radius 2 is 1.89 bits per heavy atom. The SMILES string of the molecule is CO[Si](C)(CCCOC(=O)Cc1ccncc1)OC. The van der Waals surface area contributed by atoms with Gasteiger partial charge in [-0.25, -0.2) is 0 Å². The lowest BCUT2D eigenvalue weighted by Gasteiger charge is -2.22. The lowest BCUT2D eigenvalue weighted by molar-refractivity contribution is -0.142. The fraction of sp³-hybridized carbons (Fsp3) is 0.538. The number of carbonyl (C=O) groups excluding carboxylic acids is 1. The van der Waals surface area contributed by atoms with Crippen LogP contribution in [-0.2, 0) is 24.8 Å². The zero-order valence-electron chi connectivity index (χ0n) is 11.7. The monoisotopic (exact) mass is 283 g/mol. The maximum Gasteiger partial charge on any atom is 0.334 e. The van der Waals surface area contributed by atoms with Crippen molar-refractivity contribution < 1.29 is 18.4 Å². The van der Waals surface area contributed by atoms with Gasteiger partial charge in [-0.3, -0.25) is 9.78 Å². The summed E-state index contributed by atoms with van der Waals surface area (Å²) in [5.41, 5.74) is 0.910. The minimum Gasteiger partial charge on any atom is -0.465 e. The molecule has 6 heteroatoms. The summed E-state index contributed by atoms with van der Waals surface area (Å²) in [5.74, 6) is -0.218. The van der Waals surface area contributed by atoms with Gasteiger partial charge in [0.2, 0.25) is 0 Å². The van der Waals surface area contributed by atoms with Crippen molar-refractivity contribution in [3.63, 3.8) is 0 Å². The largest absolute Gasteiger partial charge is 0.465 e. The van der Waals surface area contributed by atoms with Gasteiger partial charge in [0.1, 0.15) is 0 Å². The molecule has 0 bridgehead atoms. The van der Waals surface area contributed by atoms with E-state index in [-0.39, 0.29) is 12.4 Å². The molecule has 0 N–H and O–H groups in total. The summed E-state index contributed by atoms with van der Waals surface area (Å²) in [6.45, 7) is 2.39. The maximum atomic E-state index is 11.6. The van der Waals surface area contributed by atoms with Crippen molar-refractivity contribution in [3.05, 3.63) is 30.1 Å². The highest BCUT2D eigenvalue weighted by atomic mass is 28.4. The maximum absolute atomic E-state index is 11.6. The minimum absolute atomic E-state index is 0.218. The van der Waals surface area contributed by atoms with Crippen LogP contribution in [0, 0.1) is 0 Å². The minimum atomic E-state index is -2.04. The number of aromatic nitrogens is 1. The summed E-state index contributed by atoms with van der Waals surface area (Å²) in [5, 5.41) is 0. The van der Waals surface area contributed by atoms with Gasteiger partial charge in [-0.05, 0) is 36.7 Å². The van der Waals surface area contributed by atoms with Gasteiger partial charge in [0, 0.05) is 26.6 Å². The van der Waals surface area contributed by atoms with E-state index in [0.29, 0.717) is 6.61 Å². The van der Waals surface area contributed by atoms with Gasteiger partial charge in [0.15, 0.2) is 0 Å². The van der Waals surface area contributed by atoms with Crippen LogP contribution in [0.15, 0.2) is 24.5 Å². The van der Waals surface area contributed by atoms with E-state index >= 15 is 0 Å². The van der Waals surface area contributed by atoms with E-state index in [1.165, 1.54) is 0 Å². The number of carbonyl (C=O) groups is 1. The van der Waals surface area contributed by atoms with Gasteiger partial charge < -0.3 is 13.6 Å².